The fourth-order valence-corrected chi connectivity index (χ4v) is 2.79. The number of carbonyl (C=O) groups is 1. The largest absolute Gasteiger partial charge is 0.481 e. The van der Waals surface area contributed by atoms with E-state index in [0.29, 0.717) is 5.69 Å². The van der Waals surface area contributed by atoms with Crippen LogP contribution in [0.15, 0.2) is 41.1 Å². The maximum atomic E-state index is 12.2. The van der Waals surface area contributed by atoms with Crippen LogP contribution in [-0.2, 0) is 10.3 Å². The Balaban J connectivity index is 1.73. The molecule has 0 fully saturated rings. The smallest absolute Gasteiger partial charge is 0.411 e. The van der Waals surface area contributed by atoms with Crippen molar-refractivity contribution in [2.75, 3.05) is 12.4 Å². The van der Waals surface area contributed by atoms with Gasteiger partial charge in [0, 0.05) is 11.8 Å². The van der Waals surface area contributed by atoms with E-state index in [9.17, 15) is 13.2 Å². The lowest BCUT2D eigenvalue weighted by Crippen LogP contribution is -2.37. The van der Waals surface area contributed by atoms with E-state index in [0.717, 1.165) is 6.39 Å². The van der Waals surface area contributed by atoms with Gasteiger partial charge in [0.25, 0.3) is 5.89 Å². The molecule has 146 valence electrons. The Morgan fingerprint density at radius 1 is 1.21 bits per heavy atom. The number of aryl methyl sites for hydroxylation is 1. The number of carbonyl (C=O) groups excluding carboxylic acids is 1. The van der Waals surface area contributed by atoms with Gasteiger partial charge in [-0.15, -0.1) is 10.2 Å². The molecule has 0 aliphatic heterocycles. The highest BCUT2D eigenvalue weighted by atomic mass is 32.2. The molecule has 0 saturated heterocycles. The Bertz CT molecular complexity index is 1090. The molecule has 0 saturated carbocycles. The summed E-state index contributed by atoms with van der Waals surface area (Å²) in [6.07, 6.45) is 1.09. The summed E-state index contributed by atoms with van der Waals surface area (Å²) in [5.74, 6) is 0.00207. The molecule has 0 unspecified atom stereocenters. The highest BCUT2D eigenvalue weighted by Gasteiger charge is 2.21. The van der Waals surface area contributed by atoms with E-state index in [1.54, 1.807) is 17.7 Å². The number of urea groups is 1. The Morgan fingerprint density at radius 2 is 2.00 bits per heavy atom. The predicted octanol–water partition coefficient (Wildman–Crippen LogP) is 1.29. The number of nitrogens with one attached hydrogen (secondary N) is 2. The summed E-state index contributed by atoms with van der Waals surface area (Å²) in [5.41, 5.74) is 0.743. The summed E-state index contributed by atoms with van der Waals surface area (Å²) >= 11 is 0. The normalized spacial score (nSPS) is 10.9. The molecule has 2 N–H and O–H groups in total. The fraction of sp³-hybridized carbons (Fsp3) is 0.133. The number of nitrogens with zero attached hydrogens (tertiary/aromatic N) is 4. The molecule has 1 aromatic carbocycles. The summed E-state index contributed by atoms with van der Waals surface area (Å²) in [5, 5.41) is 9.42. The number of benzene rings is 1. The second kappa shape index (κ2) is 7.87. The monoisotopic (exact) mass is 406 g/mol. The lowest BCUT2D eigenvalue weighted by atomic mass is 10.2. The molecule has 3 aromatic rings. The summed E-state index contributed by atoms with van der Waals surface area (Å²) in [6, 6.07) is 6.47. The second-order valence-corrected chi connectivity index (χ2v) is 6.49. The van der Waals surface area contributed by atoms with Crippen LogP contribution in [0.5, 0.6) is 11.6 Å². The van der Waals surface area contributed by atoms with Gasteiger partial charge < -0.3 is 13.3 Å². The van der Waals surface area contributed by atoms with Gasteiger partial charge in [0.1, 0.15) is 0 Å². The van der Waals surface area contributed by atoms with Crippen LogP contribution in [0.4, 0.5) is 10.7 Å². The molecule has 0 spiro atoms. The average molecular weight is 406 g/mol. The molecule has 0 bridgehead atoms. The summed E-state index contributed by atoms with van der Waals surface area (Å²) in [6.45, 7) is 1.65. The van der Waals surface area contributed by atoms with E-state index < -0.39 is 16.3 Å². The first-order chi connectivity index (χ1) is 13.4. The molecule has 0 aliphatic carbocycles. The van der Waals surface area contributed by atoms with Gasteiger partial charge in [0.05, 0.1) is 12.7 Å². The molecular formula is C15H14N6O6S. The fourth-order valence-electron chi connectivity index (χ4n) is 2.09. The van der Waals surface area contributed by atoms with Crippen molar-refractivity contribution >= 4 is 22.3 Å². The number of anilines is 1. The predicted molar refractivity (Wildman–Crippen MR) is 94.8 cm³/mol. The first-order valence-electron chi connectivity index (χ1n) is 7.65. The van der Waals surface area contributed by atoms with Crippen molar-refractivity contribution in [1.29, 1.82) is 0 Å². The molecule has 13 heteroatoms. The van der Waals surface area contributed by atoms with Crippen molar-refractivity contribution < 1.29 is 26.5 Å². The zero-order chi connectivity index (χ0) is 20.1. The zero-order valence-electron chi connectivity index (χ0n) is 14.6. The van der Waals surface area contributed by atoms with Crippen LogP contribution in [0.2, 0.25) is 0 Å². The molecule has 0 radical (unpaired) electrons. The molecule has 12 nitrogen and oxygen atoms in total. The van der Waals surface area contributed by atoms with Gasteiger partial charge in [-0.2, -0.15) is 13.4 Å². The van der Waals surface area contributed by atoms with Crippen molar-refractivity contribution in [1.82, 2.24) is 24.9 Å². The molecule has 3 rings (SSSR count). The van der Waals surface area contributed by atoms with Crippen molar-refractivity contribution in [2.24, 2.45) is 0 Å². The van der Waals surface area contributed by atoms with E-state index in [4.69, 9.17) is 13.3 Å². The van der Waals surface area contributed by atoms with Gasteiger partial charge in [0.2, 0.25) is 18.2 Å². The molecule has 0 atom stereocenters. The van der Waals surface area contributed by atoms with Crippen molar-refractivity contribution in [3.63, 3.8) is 0 Å². The third kappa shape index (κ3) is 4.70. The number of rotatable bonds is 6. The molecule has 28 heavy (non-hydrogen) atoms. The van der Waals surface area contributed by atoms with Crippen molar-refractivity contribution in [2.45, 2.75) is 6.92 Å². The van der Waals surface area contributed by atoms with Gasteiger partial charge in [-0.1, -0.05) is 12.1 Å². The molecular weight excluding hydrogens is 392 g/mol. The van der Waals surface area contributed by atoms with E-state index in [-0.39, 0.29) is 29.0 Å². The lowest BCUT2D eigenvalue weighted by Gasteiger charge is -2.11. The van der Waals surface area contributed by atoms with Crippen LogP contribution in [-0.4, -0.2) is 41.7 Å². The minimum absolute atomic E-state index is 0.0514. The first-order valence-corrected chi connectivity index (χ1v) is 9.05. The van der Waals surface area contributed by atoms with Crippen LogP contribution in [0.1, 0.15) is 5.69 Å². The van der Waals surface area contributed by atoms with Crippen LogP contribution in [0, 0.1) is 6.92 Å². The van der Waals surface area contributed by atoms with Crippen molar-refractivity contribution in [3.05, 3.63) is 42.4 Å². The van der Waals surface area contributed by atoms with Crippen LogP contribution in [0.3, 0.4) is 0 Å². The number of hydrogen-bond acceptors (Lipinski definition) is 10. The standard InChI is InChI=1S/C15H14N6O6S/c1-9-7-12(25-2)18-14(17-9)19-15(22)21-28(23,24)27-11-6-4-3-5-10(11)13-20-16-8-26-13/h3-8H,1-2H3,(H2,17,18,19,21,22). The number of para-hydroxylation sites is 1. The summed E-state index contributed by atoms with van der Waals surface area (Å²) in [7, 11) is -3.14. The minimum Gasteiger partial charge on any atom is -0.481 e. The van der Waals surface area contributed by atoms with E-state index >= 15 is 0 Å². The van der Waals surface area contributed by atoms with Gasteiger partial charge in [0.15, 0.2) is 5.75 Å². The first kappa shape index (κ1) is 19.0. The van der Waals surface area contributed by atoms with Gasteiger partial charge in [-0.25, -0.2) is 14.5 Å². The molecule has 0 aliphatic rings. The highest BCUT2D eigenvalue weighted by Crippen LogP contribution is 2.28. The van der Waals surface area contributed by atoms with E-state index in [2.05, 4.69) is 25.5 Å². The molecule has 2 amide bonds. The lowest BCUT2D eigenvalue weighted by molar-refractivity contribution is 0.255. The van der Waals surface area contributed by atoms with Crippen LogP contribution < -0.4 is 19.0 Å². The van der Waals surface area contributed by atoms with Gasteiger partial charge in [-0.3, -0.25) is 5.32 Å². The van der Waals surface area contributed by atoms with Gasteiger partial charge in [-0.05, 0) is 19.1 Å². The summed E-state index contributed by atoms with van der Waals surface area (Å²) < 4.78 is 41.0. The van der Waals surface area contributed by atoms with Gasteiger partial charge >= 0.3 is 16.3 Å². The Labute approximate surface area is 159 Å². The number of ether oxygens (including phenoxy) is 1. The average Bonchev–Trinajstić information content (AvgIpc) is 3.15. The molecule has 2 heterocycles. The number of amides is 2. The number of methoxy groups -OCH3 is 1. The quantitative estimate of drug-likeness (QED) is 0.611. The number of hydrogen-bond donors (Lipinski definition) is 2. The maximum absolute atomic E-state index is 12.2. The van der Waals surface area contributed by atoms with Crippen LogP contribution >= 0.6 is 0 Å². The minimum atomic E-state index is -4.53. The Kier molecular flexibility index (Phi) is 5.35. The topological polar surface area (TPSA) is 158 Å². The van der Waals surface area contributed by atoms with E-state index in [1.807, 2.05) is 0 Å². The Hall–Kier alpha value is -3.74. The number of aromatic nitrogens is 4. The Morgan fingerprint density at radius 3 is 2.71 bits per heavy atom. The highest BCUT2D eigenvalue weighted by molar-refractivity contribution is 7.85. The molecule has 2 aromatic heterocycles. The SMILES string of the molecule is COc1cc(C)nc(NC(=O)NS(=O)(=O)Oc2ccccc2-c2nnco2)n1. The van der Waals surface area contributed by atoms with Crippen molar-refractivity contribution in [3.8, 4) is 23.1 Å². The summed E-state index contributed by atoms with van der Waals surface area (Å²) in [4.78, 5) is 19.8. The zero-order valence-corrected chi connectivity index (χ0v) is 15.4. The third-order valence-corrected chi connectivity index (χ3v) is 3.99. The second-order valence-electron chi connectivity index (χ2n) is 5.21. The van der Waals surface area contributed by atoms with E-state index in [1.165, 1.54) is 31.4 Å². The third-order valence-electron chi connectivity index (χ3n) is 3.16. The van der Waals surface area contributed by atoms with Crippen LogP contribution in [0.25, 0.3) is 11.5 Å². The maximum Gasteiger partial charge on any atom is 0.411 e.